The van der Waals surface area contributed by atoms with E-state index in [0.717, 1.165) is 0 Å². The Labute approximate surface area is 166 Å². The van der Waals surface area contributed by atoms with Crippen molar-refractivity contribution in [2.45, 2.75) is 25.7 Å². The Balaban J connectivity index is 2.48. The van der Waals surface area contributed by atoms with E-state index in [1.54, 1.807) is 51.1 Å². The van der Waals surface area contributed by atoms with E-state index in [1.165, 1.54) is 23.7 Å². The molecular weight excluding hydrogens is 380 g/mol. The summed E-state index contributed by atoms with van der Waals surface area (Å²) < 4.78 is 37.9. The number of phenols is 1. The van der Waals surface area contributed by atoms with Gasteiger partial charge in [0.1, 0.15) is 10.6 Å². The van der Waals surface area contributed by atoms with Crippen LogP contribution in [0.5, 0.6) is 17.2 Å². The SMILES string of the molecule is CCOc1ccc(N=Cc2cccc(OC)c2O)cc1S(=O)(=O)N(CC)CC. The summed E-state index contributed by atoms with van der Waals surface area (Å²) in [6, 6.07) is 9.79. The second-order valence-corrected chi connectivity index (χ2v) is 7.72. The zero-order chi connectivity index (χ0) is 20.7. The summed E-state index contributed by atoms with van der Waals surface area (Å²) in [4.78, 5) is 4.39. The molecule has 0 aromatic heterocycles. The zero-order valence-electron chi connectivity index (χ0n) is 16.5. The molecule has 0 amide bonds. The standard InChI is InChI=1S/C20H26N2O5S/c1-5-22(6-2)28(24,25)19-13-16(11-12-17(19)27-7-3)21-14-15-9-8-10-18(26-4)20(15)23/h8-14,23H,5-7H2,1-4H3. The molecule has 8 heteroatoms. The predicted octanol–water partition coefficient (Wildman–Crippen LogP) is 3.58. The maximum atomic E-state index is 13.0. The second kappa shape index (κ2) is 9.57. The van der Waals surface area contributed by atoms with Gasteiger partial charge in [-0.15, -0.1) is 0 Å². The minimum atomic E-state index is -3.71. The number of aromatic hydroxyl groups is 1. The lowest BCUT2D eigenvalue weighted by Crippen LogP contribution is -2.30. The van der Waals surface area contributed by atoms with E-state index in [9.17, 15) is 13.5 Å². The molecule has 2 rings (SSSR count). The third kappa shape index (κ3) is 4.63. The molecule has 0 bridgehead atoms. The summed E-state index contributed by atoms with van der Waals surface area (Å²) in [6.07, 6.45) is 1.46. The fourth-order valence-electron chi connectivity index (χ4n) is 2.71. The number of ether oxygens (including phenoxy) is 2. The van der Waals surface area contributed by atoms with Gasteiger partial charge in [0, 0.05) is 24.9 Å². The highest BCUT2D eigenvalue weighted by molar-refractivity contribution is 7.89. The highest BCUT2D eigenvalue weighted by Crippen LogP contribution is 2.32. The van der Waals surface area contributed by atoms with E-state index in [0.29, 0.717) is 36.7 Å². The monoisotopic (exact) mass is 406 g/mol. The van der Waals surface area contributed by atoms with Gasteiger partial charge in [-0.2, -0.15) is 4.31 Å². The van der Waals surface area contributed by atoms with Crippen molar-refractivity contribution in [3.63, 3.8) is 0 Å². The Hall–Kier alpha value is -2.58. The first-order chi connectivity index (χ1) is 13.4. The Morgan fingerprint density at radius 2 is 1.82 bits per heavy atom. The largest absolute Gasteiger partial charge is 0.504 e. The molecule has 0 heterocycles. The molecule has 152 valence electrons. The summed E-state index contributed by atoms with van der Waals surface area (Å²) in [6.45, 7) is 6.43. The smallest absolute Gasteiger partial charge is 0.246 e. The maximum Gasteiger partial charge on any atom is 0.246 e. The number of sulfonamides is 1. The van der Waals surface area contributed by atoms with Gasteiger partial charge in [0.15, 0.2) is 11.5 Å². The lowest BCUT2D eigenvalue weighted by Gasteiger charge is -2.20. The van der Waals surface area contributed by atoms with Crippen LogP contribution in [0.4, 0.5) is 5.69 Å². The Morgan fingerprint density at radius 3 is 2.43 bits per heavy atom. The molecule has 1 N–H and O–H groups in total. The average molecular weight is 407 g/mol. The van der Waals surface area contributed by atoms with Crippen molar-refractivity contribution in [1.29, 1.82) is 0 Å². The predicted molar refractivity (Wildman–Crippen MR) is 110 cm³/mol. The van der Waals surface area contributed by atoms with E-state index >= 15 is 0 Å². The van der Waals surface area contributed by atoms with Crippen molar-refractivity contribution in [1.82, 2.24) is 4.31 Å². The summed E-state index contributed by atoms with van der Waals surface area (Å²) in [7, 11) is -2.25. The molecule has 0 aliphatic carbocycles. The van der Waals surface area contributed by atoms with Gasteiger partial charge in [0.05, 0.1) is 19.4 Å². The number of hydrogen-bond acceptors (Lipinski definition) is 6. The Morgan fingerprint density at radius 1 is 1.11 bits per heavy atom. The molecule has 0 aliphatic heterocycles. The van der Waals surface area contributed by atoms with Crippen LogP contribution >= 0.6 is 0 Å². The van der Waals surface area contributed by atoms with Crippen molar-refractivity contribution in [2.75, 3.05) is 26.8 Å². The number of rotatable bonds is 9. The molecule has 0 saturated carbocycles. The normalized spacial score (nSPS) is 11.9. The van der Waals surface area contributed by atoms with Crippen LogP contribution in [0.1, 0.15) is 26.3 Å². The topological polar surface area (TPSA) is 88.4 Å². The van der Waals surface area contributed by atoms with Gasteiger partial charge in [0.25, 0.3) is 0 Å². The average Bonchev–Trinajstić information content (AvgIpc) is 2.69. The van der Waals surface area contributed by atoms with Gasteiger partial charge >= 0.3 is 0 Å². The molecule has 0 fully saturated rings. The summed E-state index contributed by atoms with van der Waals surface area (Å²) in [5, 5.41) is 10.2. The van der Waals surface area contributed by atoms with E-state index in [-0.39, 0.29) is 16.4 Å². The lowest BCUT2D eigenvalue weighted by molar-refractivity contribution is 0.329. The van der Waals surface area contributed by atoms with Gasteiger partial charge < -0.3 is 14.6 Å². The Bertz CT molecular complexity index is 938. The Kier molecular flexibility index (Phi) is 7.42. The summed E-state index contributed by atoms with van der Waals surface area (Å²) in [5.74, 6) is 0.591. The van der Waals surface area contributed by atoms with Crippen LogP contribution in [0.25, 0.3) is 0 Å². The van der Waals surface area contributed by atoms with Crippen LogP contribution in [-0.2, 0) is 10.0 Å². The number of aliphatic imine (C=N–C) groups is 1. The van der Waals surface area contributed by atoms with Crippen LogP contribution in [0.15, 0.2) is 46.3 Å². The van der Waals surface area contributed by atoms with Crippen molar-refractivity contribution in [2.24, 2.45) is 4.99 Å². The first-order valence-corrected chi connectivity index (χ1v) is 10.5. The van der Waals surface area contributed by atoms with Crippen molar-refractivity contribution in [3.8, 4) is 17.2 Å². The molecule has 0 atom stereocenters. The number of methoxy groups -OCH3 is 1. The molecule has 0 saturated heterocycles. The first-order valence-electron chi connectivity index (χ1n) is 9.06. The molecule has 2 aromatic rings. The van der Waals surface area contributed by atoms with Crippen LogP contribution in [0, 0.1) is 0 Å². The molecule has 0 aliphatic rings. The fourth-order valence-corrected chi connectivity index (χ4v) is 4.32. The van der Waals surface area contributed by atoms with E-state index < -0.39 is 10.0 Å². The molecule has 7 nitrogen and oxygen atoms in total. The van der Waals surface area contributed by atoms with Crippen LogP contribution in [0.3, 0.4) is 0 Å². The second-order valence-electron chi connectivity index (χ2n) is 5.81. The minimum Gasteiger partial charge on any atom is -0.504 e. The van der Waals surface area contributed by atoms with Gasteiger partial charge in [-0.05, 0) is 37.3 Å². The molecule has 0 radical (unpaired) electrons. The quantitative estimate of drug-likeness (QED) is 0.643. The number of benzene rings is 2. The third-order valence-electron chi connectivity index (χ3n) is 4.15. The molecule has 28 heavy (non-hydrogen) atoms. The van der Waals surface area contributed by atoms with E-state index in [2.05, 4.69) is 4.99 Å². The van der Waals surface area contributed by atoms with Gasteiger partial charge in [-0.1, -0.05) is 19.9 Å². The highest BCUT2D eigenvalue weighted by atomic mass is 32.2. The van der Waals surface area contributed by atoms with Crippen LogP contribution < -0.4 is 9.47 Å². The molecular formula is C20H26N2O5S. The van der Waals surface area contributed by atoms with Crippen molar-refractivity contribution < 1.29 is 23.0 Å². The van der Waals surface area contributed by atoms with E-state index in [4.69, 9.17) is 9.47 Å². The van der Waals surface area contributed by atoms with Gasteiger partial charge in [-0.25, -0.2) is 8.42 Å². The number of nitrogens with zero attached hydrogens (tertiary/aromatic N) is 2. The highest BCUT2D eigenvalue weighted by Gasteiger charge is 2.26. The van der Waals surface area contributed by atoms with Crippen molar-refractivity contribution >= 4 is 21.9 Å². The number of phenolic OH excluding ortho intramolecular Hbond substituents is 1. The van der Waals surface area contributed by atoms with Crippen LogP contribution in [0.2, 0.25) is 0 Å². The molecule has 0 unspecified atom stereocenters. The minimum absolute atomic E-state index is 0.0318. The van der Waals surface area contributed by atoms with E-state index in [1.807, 2.05) is 0 Å². The van der Waals surface area contributed by atoms with Gasteiger partial charge in [-0.3, -0.25) is 4.99 Å². The first kappa shape index (κ1) is 21.7. The van der Waals surface area contributed by atoms with Crippen molar-refractivity contribution in [3.05, 3.63) is 42.0 Å². The number of hydrogen-bond donors (Lipinski definition) is 1. The number of para-hydroxylation sites is 1. The lowest BCUT2D eigenvalue weighted by atomic mass is 10.2. The molecule has 0 spiro atoms. The molecule has 2 aromatic carbocycles. The summed E-state index contributed by atoms with van der Waals surface area (Å²) in [5.41, 5.74) is 0.887. The zero-order valence-corrected chi connectivity index (χ0v) is 17.4. The third-order valence-corrected chi connectivity index (χ3v) is 6.22. The summed E-state index contributed by atoms with van der Waals surface area (Å²) >= 11 is 0. The van der Waals surface area contributed by atoms with Gasteiger partial charge in [0.2, 0.25) is 10.0 Å². The fraction of sp³-hybridized carbons (Fsp3) is 0.350. The van der Waals surface area contributed by atoms with Crippen LogP contribution in [-0.4, -0.2) is 50.9 Å². The maximum absolute atomic E-state index is 13.0.